The zero-order valence-electron chi connectivity index (χ0n) is 11.4. The number of aliphatic hydroxyl groups excluding tert-OH is 1. The number of anilines is 2. The molecule has 1 aromatic heterocycles. The molecule has 1 atom stereocenters. The van der Waals surface area contributed by atoms with E-state index in [1.807, 2.05) is 48.3 Å². The quantitative estimate of drug-likeness (QED) is 0.916. The Labute approximate surface area is 113 Å². The maximum absolute atomic E-state index is 9.62. The molecule has 0 saturated carbocycles. The number of pyridine rings is 1. The number of aromatic nitrogens is 1. The lowest BCUT2D eigenvalue weighted by atomic mass is 10.1. The van der Waals surface area contributed by atoms with Gasteiger partial charge in [-0.05, 0) is 36.8 Å². The van der Waals surface area contributed by atoms with E-state index in [-0.39, 0.29) is 0 Å². The summed E-state index contributed by atoms with van der Waals surface area (Å²) in [6.45, 7) is 1.74. The van der Waals surface area contributed by atoms with Crippen LogP contribution >= 0.6 is 0 Å². The van der Waals surface area contributed by atoms with Gasteiger partial charge < -0.3 is 14.7 Å². The van der Waals surface area contributed by atoms with E-state index in [1.54, 1.807) is 20.2 Å². The lowest BCUT2D eigenvalue weighted by molar-refractivity contribution is 0.199. The second kappa shape index (κ2) is 5.71. The molecule has 0 aliphatic heterocycles. The third-order valence-electron chi connectivity index (χ3n) is 3.04. The van der Waals surface area contributed by atoms with Gasteiger partial charge in [0.1, 0.15) is 11.6 Å². The zero-order valence-corrected chi connectivity index (χ0v) is 11.4. The molecule has 0 bridgehead atoms. The summed E-state index contributed by atoms with van der Waals surface area (Å²) in [7, 11) is 3.58. The third-order valence-corrected chi connectivity index (χ3v) is 3.04. The SMILES string of the molecule is COc1cccc(N(C)c2cc(C(C)O)ccn2)c1. The van der Waals surface area contributed by atoms with Crippen molar-refractivity contribution in [2.24, 2.45) is 0 Å². The summed E-state index contributed by atoms with van der Waals surface area (Å²) >= 11 is 0. The van der Waals surface area contributed by atoms with Gasteiger partial charge in [0.2, 0.25) is 0 Å². The number of methoxy groups -OCH3 is 1. The van der Waals surface area contributed by atoms with Gasteiger partial charge in [0.05, 0.1) is 13.2 Å². The van der Waals surface area contributed by atoms with Crippen molar-refractivity contribution in [3.05, 3.63) is 48.2 Å². The number of rotatable bonds is 4. The molecule has 0 amide bonds. The molecule has 1 heterocycles. The average Bonchev–Trinajstić information content (AvgIpc) is 2.46. The maximum atomic E-state index is 9.62. The van der Waals surface area contributed by atoms with Crippen molar-refractivity contribution in [2.45, 2.75) is 13.0 Å². The third kappa shape index (κ3) is 3.03. The molecule has 19 heavy (non-hydrogen) atoms. The van der Waals surface area contributed by atoms with E-state index in [0.717, 1.165) is 22.8 Å². The highest BCUT2D eigenvalue weighted by atomic mass is 16.5. The van der Waals surface area contributed by atoms with Gasteiger partial charge in [-0.15, -0.1) is 0 Å². The molecule has 0 saturated heterocycles. The van der Waals surface area contributed by atoms with Crippen LogP contribution in [-0.2, 0) is 0 Å². The molecule has 1 aromatic carbocycles. The van der Waals surface area contributed by atoms with E-state index in [9.17, 15) is 5.11 Å². The van der Waals surface area contributed by atoms with Crippen LogP contribution in [0.4, 0.5) is 11.5 Å². The van der Waals surface area contributed by atoms with E-state index in [1.165, 1.54) is 0 Å². The molecule has 4 nitrogen and oxygen atoms in total. The molecule has 100 valence electrons. The molecule has 2 rings (SSSR count). The van der Waals surface area contributed by atoms with Gasteiger partial charge in [-0.2, -0.15) is 0 Å². The predicted octanol–water partition coefficient (Wildman–Crippen LogP) is 2.91. The lowest BCUT2D eigenvalue weighted by Crippen LogP contribution is -2.11. The highest BCUT2D eigenvalue weighted by Crippen LogP contribution is 2.26. The van der Waals surface area contributed by atoms with Gasteiger partial charge in [0.25, 0.3) is 0 Å². The first-order valence-corrected chi connectivity index (χ1v) is 6.13. The minimum atomic E-state index is -0.500. The van der Waals surface area contributed by atoms with Crippen molar-refractivity contribution in [3.63, 3.8) is 0 Å². The van der Waals surface area contributed by atoms with Crippen LogP contribution in [0, 0.1) is 0 Å². The molecule has 0 fully saturated rings. The highest BCUT2D eigenvalue weighted by molar-refractivity contribution is 5.61. The molecule has 0 radical (unpaired) electrons. The summed E-state index contributed by atoms with van der Waals surface area (Å²) in [5.74, 6) is 1.59. The van der Waals surface area contributed by atoms with Crippen LogP contribution in [0.3, 0.4) is 0 Å². The number of benzene rings is 1. The fraction of sp³-hybridized carbons (Fsp3) is 0.267. The first-order valence-electron chi connectivity index (χ1n) is 6.13. The van der Waals surface area contributed by atoms with Crippen LogP contribution in [0.5, 0.6) is 5.75 Å². The second-order valence-corrected chi connectivity index (χ2v) is 4.38. The van der Waals surface area contributed by atoms with Crippen LogP contribution in [0.1, 0.15) is 18.6 Å². The molecule has 0 spiro atoms. The van der Waals surface area contributed by atoms with Crippen molar-refractivity contribution in [3.8, 4) is 5.75 Å². The standard InChI is InChI=1S/C15H18N2O2/c1-11(18)12-7-8-16-15(9-12)17(2)13-5-4-6-14(10-13)19-3/h4-11,18H,1-3H3. The molecule has 4 heteroatoms. The minimum Gasteiger partial charge on any atom is -0.497 e. The first-order chi connectivity index (χ1) is 9.11. The van der Waals surface area contributed by atoms with Crippen molar-refractivity contribution < 1.29 is 9.84 Å². The van der Waals surface area contributed by atoms with Crippen LogP contribution in [-0.4, -0.2) is 24.2 Å². The van der Waals surface area contributed by atoms with E-state index in [0.29, 0.717) is 0 Å². The largest absolute Gasteiger partial charge is 0.497 e. The van der Waals surface area contributed by atoms with Gasteiger partial charge in [-0.25, -0.2) is 4.98 Å². The Morgan fingerprint density at radius 3 is 2.74 bits per heavy atom. The summed E-state index contributed by atoms with van der Waals surface area (Å²) in [6, 6.07) is 11.5. The van der Waals surface area contributed by atoms with Crippen molar-refractivity contribution in [2.75, 3.05) is 19.1 Å². The van der Waals surface area contributed by atoms with Gasteiger partial charge >= 0.3 is 0 Å². The number of aliphatic hydroxyl groups is 1. The summed E-state index contributed by atoms with van der Waals surface area (Å²) in [4.78, 5) is 6.28. The molecular weight excluding hydrogens is 240 g/mol. The van der Waals surface area contributed by atoms with Gasteiger partial charge in [-0.1, -0.05) is 6.07 Å². The van der Waals surface area contributed by atoms with Gasteiger partial charge in [0.15, 0.2) is 0 Å². The van der Waals surface area contributed by atoms with Crippen LogP contribution < -0.4 is 9.64 Å². The van der Waals surface area contributed by atoms with E-state index < -0.39 is 6.10 Å². The Morgan fingerprint density at radius 2 is 2.05 bits per heavy atom. The normalized spacial score (nSPS) is 12.0. The lowest BCUT2D eigenvalue weighted by Gasteiger charge is -2.20. The predicted molar refractivity (Wildman–Crippen MR) is 75.9 cm³/mol. The maximum Gasteiger partial charge on any atom is 0.133 e. The number of hydrogen-bond acceptors (Lipinski definition) is 4. The molecule has 0 aliphatic rings. The molecule has 1 N–H and O–H groups in total. The second-order valence-electron chi connectivity index (χ2n) is 4.38. The van der Waals surface area contributed by atoms with Crippen LogP contribution in [0.15, 0.2) is 42.6 Å². The monoisotopic (exact) mass is 258 g/mol. The number of ether oxygens (including phenoxy) is 1. The highest BCUT2D eigenvalue weighted by Gasteiger charge is 2.09. The molecule has 0 aliphatic carbocycles. The fourth-order valence-electron chi connectivity index (χ4n) is 1.83. The molecular formula is C15H18N2O2. The van der Waals surface area contributed by atoms with Crippen LogP contribution in [0.2, 0.25) is 0 Å². The van der Waals surface area contributed by atoms with E-state index in [4.69, 9.17) is 4.74 Å². The van der Waals surface area contributed by atoms with E-state index in [2.05, 4.69) is 4.98 Å². The Morgan fingerprint density at radius 1 is 1.26 bits per heavy atom. The Balaban J connectivity index is 2.32. The number of nitrogens with zero attached hydrogens (tertiary/aromatic N) is 2. The average molecular weight is 258 g/mol. The van der Waals surface area contributed by atoms with Crippen molar-refractivity contribution in [1.82, 2.24) is 4.98 Å². The van der Waals surface area contributed by atoms with Gasteiger partial charge in [-0.3, -0.25) is 0 Å². The van der Waals surface area contributed by atoms with Crippen molar-refractivity contribution in [1.29, 1.82) is 0 Å². The number of hydrogen-bond donors (Lipinski definition) is 1. The fourth-order valence-corrected chi connectivity index (χ4v) is 1.83. The van der Waals surface area contributed by atoms with Gasteiger partial charge in [0, 0.05) is 25.0 Å². The van der Waals surface area contributed by atoms with E-state index >= 15 is 0 Å². The summed E-state index contributed by atoms with van der Waals surface area (Å²) in [5, 5.41) is 9.62. The Hall–Kier alpha value is -2.07. The van der Waals surface area contributed by atoms with Crippen LogP contribution in [0.25, 0.3) is 0 Å². The molecule has 1 unspecified atom stereocenters. The topological polar surface area (TPSA) is 45.6 Å². The summed E-state index contributed by atoms with van der Waals surface area (Å²) in [6.07, 6.45) is 1.20. The summed E-state index contributed by atoms with van der Waals surface area (Å²) in [5.41, 5.74) is 1.83. The first kappa shape index (κ1) is 13.4. The Bertz CT molecular complexity index is 555. The Kier molecular flexibility index (Phi) is 4.02. The minimum absolute atomic E-state index is 0.500. The van der Waals surface area contributed by atoms with Crippen molar-refractivity contribution >= 4 is 11.5 Å². The summed E-state index contributed by atoms with van der Waals surface area (Å²) < 4.78 is 5.22. The molecule has 2 aromatic rings. The zero-order chi connectivity index (χ0) is 13.8. The smallest absolute Gasteiger partial charge is 0.133 e.